The quantitative estimate of drug-likeness (QED) is 0.743. The fourth-order valence-electron chi connectivity index (χ4n) is 3.10. The highest BCUT2D eigenvalue weighted by atomic mass is 16.1. The fourth-order valence-corrected chi connectivity index (χ4v) is 3.10. The maximum atomic E-state index is 11.5. The van der Waals surface area contributed by atoms with Crippen LogP contribution in [-0.4, -0.2) is 25.0 Å². The van der Waals surface area contributed by atoms with Crippen LogP contribution in [-0.2, 0) is 4.79 Å². The zero-order valence-corrected chi connectivity index (χ0v) is 10.5. The molecule has 3 nitrogen and oxygen atoms in total. The van der Waals surface area contributed by atoms with Gasteiger partial charge in [-0.05, 0) is 37.0 Å². The van der Waals surface area contributed by atoms with E-state index in [1.54, 1.807) is 0 Å². The van der Waals surface area contributed by atoms with Crippen LogP contribution in [0, 0.1) is 17.8 Å². The van der Waals surface area contributed by atoms with Crippen molar-refractivity contribution in [1.82, 2.24) is 10.6 Å². The van der Waals surface area contributed by atoms with Crippen molar-refractivity contribution < 1.29 is 4.79 Å². The molecule has 0 saturated heterocycles. The van der Waals surface area contributed by atoms with Gasteiger partial charge in [0.1, 0.15) is 0 Å². The van der Waals surface area contributed by atoms with Crippen LogP contribution in [0.2, 0.25) is 0 Å². The zero-order chi connectivity index (χ0) is 11.5. The Kier molecular flexibility index (Phi) is 3.85. The number of hydrogen-bond acceptors (Lipinski definition) is 2. The summed E-state index contributed by atoms with van der Waals surface area (Å²) in [4.78, 5) is 11.5. The van der Waals surface area contributed by atoms with Gasteiger partial charge in [0.25, 0.3) is 0 Å². The highest BCUT2D eigenvalue weighted by molar-refractivity contribution is 5.78. The number of nitrogens with one attached hydrogen (secondary N) is 2. The minimum absolute atomic E-state index is 0.150. The summed E-state index contributed by atoms with van der Waals surface area (Å²) >= 11 is 0. The smallest absolute Gasteiger partial charge is 0.233 e. The molecule has 0 aromatic carbocycles. The molecule has 2 bridgehead atoms. The van der Waals surface area contributed by atoms with Crippen molar-refractivity contribution in [2.75, 3.05) is 13.1 Å². The Balaban J connectivity index is 1.62. The average Bonchev–Trinajstić information content (AvgIpc) is 2.84. The number of carbonyl (C=O) groups excluding carboxylic acids is 1. The topological polar surface area (TPSA) is 41.1 Å². The van der Waals surface area contributed by atoms with Crippen LogP contribution < -0.4 is 10.6 Å². The molecule has 0 aromatic heterocycles. The van der Waals surface area contributed by atoms with Crippen molar-refractivity contribution >= 4 is 5.91 Å². The van der Waals surface area contributed by atoms with Gasteiger partial charge in [-0.2, -0.15) is 0 Å². The zero-order valence-electron chi connectivity index (χ0n) is 10.5. The van der Waals surface area contributed by atoms with Crippen molar-refractivity contribution in [3.8, 4) is 0 Å². The Hall–Kier alpha value is -0.570. The van der Waals surface area contributed by atoms with E-state index in [0.717, 1.165) is 18.4 Å². The molecule has 0 heterocycles. The molecular weight excluding hydrogens is 200 g/mol. The summed E-state index contributed by atoms with van der Waals surface area (Å²) in [5.74, 6) is 2.48. The average molecular weight is 224 g/mol. The monoisotopic (exact) mass is 224 g/mol. The van der Waals surface area contributed by atoms with Crippen LogP contribution in [0.15, 0.2) is 0 Å². The summed E-state index contributed by atoms with van der Waals surface area (Å²) in [6.45, 7) is 5.52. The third-order valence-electron chi connectivity index (χ3n) is 3.97. The van der Waals surface area contributed by atoms with Crippen LogP contribution in [0.5, 0.6) is 0 Å². The normalized spacial score (nSPS) is 32.3. The van der Waals surface area contributed by atoms with E-state index in [1.165, 1.54) is 25.7 Å². The molecule has 2 aliphatic rings. The molecule has 16 heavy (non-hydrogen) atoms. The summed E-state index contributed by atoms with van der Waals surface area (Å²) in [6, 6.07) is 0.614. The van der Waals surface area contributed by atoms with E-state index in [1.807, 2.05) is 0 Å². The summed E-state index contributed by atoms with van der Waals surface area (Å²) in [5.41, 5.74) is 0. The van der Waals surface area contributed by atoms with Crippen LogP contribution in [0.1, 0.15) is 39.5 Å². The van der Waals surface area contributed by atoms with E-state index in [-0.39, 0.29) is 5.91 Å². The van der Waals surface area contributed by atoms with Crippen LogP contribution in [0.25, 0.3) is 0 Å². The molecule has 3 heteroatoms. The first-order chi connectivity index (χ1) is 7.65. The first kappa shape index (κ1) is 11.9. The molecule has 3 atom stereocenters. The molecule has 0 spiro atoms. The third kappa shape index (κ3) is 2.97. The van der Waals surface area contributed by atoms with E-state index in [2.05, 4.69) is 24.5 Å². The van der Waals surface area contributed by atoms with E-state index >= 15 is 0 Å². The van der Waals surface area contributed by atoms with Crippen molar-refractivity contribution in [2.45, 2.75) is 45.6 Å². The number of carbonyl (C=O) groups is 1. The number of fused-ring (bicyclic) bond motifs is 2. The lowest BCUT2D eigenvalue weighted by molar-refractivity contribution is -0.120. The van der Waals surface area contributed by atoms with Gasteiger partial charge in [0.05, 0.1) is 6.54 Å². The molecular formula is C13H24N2O. The summed E-state index contributed by atoms with van der Waals surface area (Å²) < 4.78 is 0. The molecule has 92 valence electrons. The van der Waals surface area contributed by atoms with Crippen molar-refractivity contribution in [3.05, 3.63) is 0 Å². The first-order valence-electron chi connectivity index (χ1n) is 6.65. The van der Waals surface area contributed by atoms with Gasteiger partial charge in [-0.25, -0.2) is 0 Å². The Labute approximate surface area is 98.4 Å². The molecule has 2 rings (SSSR count). The predicted molar refractivity (Wildman–Crippen MR) is 65.1 cm³/mol. The van der Waals surface area contributed by atoms with E-state index in [9.17, 15) is 4.79 Å². The second-order valence-electron chi connectivity index (χ2n) is 5.86. The number of hydrogen-bond donors (Lipinski definition) is 2. The minimum atomic E-state index is 0.150. The first-order valence-corrected chi connectivity index (χ1v) is 6.65. The molecule has 1 amide bonds. The van der Waals surface area contributed by atoms with Crippen molar-refractivity contribution in [1.29, 1.82) is 0 Å². The van der Waals surface area contributed by atoms with Gasteiger partial charge in [-0.1, -0.05) is 20.3 Å². The van der Waals surface area contributed by atoms with Gasteiger partial charge in [0.15, 0.2) is 0 Å². The molecule has 0 aromatic rings. The summed E-state index contributed by atoms with van der Waals surface area (Å²) in [7, 11) is 0. The van der Waals surface area contributed by atoms with Crippen molar-refractivity contribution in [2.24, 2.45) is 17.8 Å². The molecule has 3 unspecified atom stereocenters. The maximum absolute atomic E-state index is 11.5. The van der Waals surface area contributed by atoms with Crippen LogP contribution in [0.3, 0.4) is 0 Å². The SMILES string of the molecule is CC(C)CNC(=O)CNC1CC2CCC1C2. The van der Waals surface area contributed by atoms with Gasteiger partial charge in [0.2, 0.25) is 5.91 Å². The van der Waals surface area contributed by atoms with Gasteiger partial charge >= 0.3 is 0 Å². The van der Waals surface area contributed by atoms with E-state index in [0.29, 0.717) is 18.5 Å². The Morgan fingerprint density at radius 3 is 2.69 bits per heavy atom. The fraction of sp³-hybridized carbons (Fsp3) is 0.923. The van der Waals surface area contributed by atoms with Gasteiger partial charge < -0.3 is 10.6 Å². The highest BCUT2D eigenvalue weighted by Gasteiger charge is 2.39. The largest absolute Gasteiger partial charge is 0.355 e. The van der Waals surface area contributed by atoms with Crippen LogP contribution in [0.4, 0.5) is 0 Å². The lowest BCUT2D eigenvalue weighted by Crippen LogP contribution is -2.42. The summed E-state index contributed by atoms with van der Waals surface area (Å²) in [5, 5.41) is 6.37. The highest BCUT2D eigenvalue weighted by Crippen LogP contribution is 2.44. The maximum Gasteiger partial charge on any atom is 0.233 e. The predicted octanol–water partition coefficient (Wildman–Crippen LogP) is 1.54. The third-order valence-corrected chi connectivity index (χ3v) is 3.97. The molecule has 2 saturated carbocycles. The van der Waals surface area contributed by atoms with Gasteiger partial charge in [-0.15, -0.1) is 0 Å². The van der Waals surface area contributed by atoms with Crippen molar-refractivity contribution in [3.63, 3.8) is 0 Å². The second-order valence-corrected chi connectivity index (χ2v) is 5.86. The minimum Gasteiger partial charge on any atom is -0.355 e. The molecule has 0 radical (unpaired) electrons. The Morgan fingerprint density at radius 2 is 2.12 bits per heavy atom. The number of amides is 1. The Morgan fingerprint density at radius 1 is 1.31 bits per heavy atom. The molecule has 0 aliphatic heterocycles. The standard InChI is InChI=1S/C13H24N2O/c1-9(2)7-15-13(16)8-14-12-6-10-3-4-11(12)5-10/h9-12,14H,3-8H2,1-2H3,(H,15,16). The molecule has 2 N–H and O–H groups in total. The van der Waals surface area contributed by atoms with Gasteiger partial charge in [0, 0.05) is 12.6 Å². The lowest BCUT2D eigenvalue weighted by atomic mass is 9.95. The molecule has 2 fully saturated rings. The van der Waals surface area contributed by atoms with E-state index < -0.39 is 0 Å². The summed E-state index contributed by atoms with van der Waals surface area (Å²) in [6.07, 6.45) is 5.48. The Bertz CT molecular complexity index is 252. The molecule has 2 aliphatic carbocycles. The van der Waals surface area contributed by atoms with Crippen LogP contribution >= 0.6 is 0 Å². The van der Waals surface area contributed by atoms with Gasteiger partial charge in [-0.3, -0.25) is 4.79 Å². The van der Waals surface area contributed by atoms with E-state index in [4.69, 9.17) is 0 Å². The number of rotatable bonds is 5. The second kappa shape index (κ2) is 5.17. The lowest BCUT2D eigenvalue weighted by Gasteiger charge is -2.22.